The van der Waals surface area contributed by atoms with E-state index in [1.807, 2.05) is 36.9 Å². The molecule has 1 atom stereocenters. The highest BCUT2D eigenvalue weighted by atomic mass is 35.5. The van der Waals surface area contributed by atoms with Crippen molar-refractivity contribution in [2.24, 2.45) is 0 Å². The standard InChI is InChI=1S/C17H17N5O2S2.ClH/c1-10(18-2)6-13-20-14(24-21-13)7-22-9-19-16-15(17(22)23)11(8-26-16)12-4-3-5-25-12;/h3-5,8-10,18H,6-7H2,1-2H3;1H. The van der Waals surface area contributed by atoms with Gasteiger partial charge in [0.1, 0.15) is 11.4 Å². The van der Waals surface area contributed by atoms with E-state index in [0.29, 0.717) is 23.5 Å². The number of likely N-dealkylation sites (N-methyl/N-ethyl adjacent to an activating group) is 1. The van der Waals surface area contributed by atoms with Crippen molar-refractivity contribution in [2.75, 3.05) is 7.05 Å². The van der Waals surface area contributed by atoms with Crippen LogP contribution in [0.25, 0.3) is 20.7 Å². The highest BCUT2D eigenvalue weighted by molar-refractivity contribution is 7.18. The zero-order valence-corrected chi connectivity index (χ0v) is 17.2. The minimum atomic E-state index is -0.0945. The summed E-state index contributed by atoms with van der Waals surface area (Å²) in [6.45, 7) is 2.25. The Morgan fingerprint density at radius 1 is 1.37 bits per heavy atom. The van der Waals surface area contributed by atoms with Crippen LogP contribution in [0.4, 0.5) is 0 Å². The van der Waals surface area contributed by atoms with Crippen LogP contribution in [0.1, 0.15) is 18.6 Å². The highest BCUT2D eigenvalue weighted by Crippen LogP contribution is 2.33. The van der Waals surface area contributed by atoms with E-state index in [4.69, 9.17) is 4.52 Å². The van der Waals surface area contributed by atoms with Crippen molar-refractivity contribution in [3.05, 3.63) is 51.3 Å². The molecule has 1 unspecified atom stereocenters. The number of rotatable bonds is 6. The van der Waals surface area contributed by atoms with E-state index >= 15 is 0 Å². The molecule has 4 aromatic rings. The van der Waals surface area contributed by atoms with E-state index in [2.05, 4.69) is 20.4 Å². The van der Waals surface area contributed by atoms with Crippen molar-refractivity contribution in [3.8, 4) is 10.4 Å². The van der Waals surface area contributed by atoms with Crippen LogP contribution in [0.2, 0.25) is 0 Å². The maximum atomic E-state index is 13.0. The summed E-state index contributed by atoms with van der Waals surface area (Å²) in [6, 6.07) is 4.24. The molecular weight excluding hydrogens is 406 g/mol. The molecule has 0 aromatic carbocycles. The average Bonchev–Trinajstić information content (AvgIpc) is 3.37. The quantitative estimate of drug-likeness (QED) is 0.512. The van der Waals surface area contributed by atoms with E-state index in [1.54, 1.807) is 17.7 Å². The Bertz CT molecular complexity index is 1090. The van der Waals surface area contributed by atoms with Crippen molar-refractivity contribution in [3.63, 3.8) is 0 Å². The summed E-state index contributed by atoms with van der Waals surface area (Å²) in [5.74, 6) is 1.03. The minimum absolute atomic E-state index is 0. The minimum Gasteiger partial charge on any atom is -0.337 e. The Kier molecular flexibility index (Phi) is 6.05. The van der Waals surface area contributed by atoms with Gasteiger partial charge in [-0.3, -0.25) is 9.36 Å². The molecule has 0 fully saturated rings. The third kappa shape index (κ3) is 3.96. The summed E-state index contributed by atoms with van der Waals surface area (Å²) < 4.78 is 6.81. The molecule has 0 spiro atoms. The SMILES string of the molecule is CNC(C)Cc1noc(Cn2cnc3scc(-c4cccs4)c3c2=O)n1.Cl. The summed E-state index contributed by atoms with van der Waals surface area (Å²) >= 11 is 3.09. The first-order valence-electron chi connectivity index (χ1n) is 8.15. The van der Waals surface area contributed by atoms with Crippen molar-refractivity contribution in [1.82, 2.24) is 25.0 Å². The van der Waals surface area contributed by atoms with Gasteiger partial charge in [0.25, 0.3) is 5.56 Å². The van der Waals surface area contributed by atoms with E-state index in [1.165, 1.54) is 15.9 Å². The lowest BCUT2D eigenvalue weighted by molar-refractivity contribution is 0.363. The van der Waals surface area contributed by atoms with Crippen LogP contribution in [0.5, 0.6) is 0 Å². The zero-order chi connectivity index (χ0) is 18.1. The molecule has 0 amide bonds. The summed E-state index contributed by atoms with van der Waals surface area (Å²) in [5, 5.41) is 11.7. The number of nitrogens with zero attached hydrogens (tertiary/aromatic N) is 4. The van der Waals surface area contributed by atoms with Gasteiger partial charge in [-0.25, -0.2) is 4.98 Å². The van der Waals surface area contributed by atoms with E-state index in [9.17, 15) is 4.79 Å². The predicted octanol–water partition coefficient (Wildman–Crippen LogP) is 3.19. The van der Waals surface area contributed by atoms with Crippen LogP contribution in [0.15, 0.2) is 38.5 Å². The molecule has 0 saturated heterocycles. The molecule has 0 aliphatic heterocycles. The highest BCUT2D eigenvalue weighted by Gasteiger charge is 2.16. The van der Waals surface area contributed by atoms with Gasteiger partial charge in [-0.15, -0.1) is 35.1 Å². The molecule has 0 bridgehead atoms. The van der Waals surface area contributed by atoms with Crippen LogP contribution in [-0.4, -0.2) is 32.8 Å². The molecule has 4 aromatic heterocycles. The van der Waals surface area contributed by atoms with Crippen molar-refractivity contribution in [1.29, 1.82) is 0 Å². The van der Waals surface area contributed by atoms with Gasteiger partial charge in [-0.1, -0.05) is 11.2 Å². The second kappa shape index (κ2) is 8.30. The first kappa shape index (κ1) is 19.7. The zero-order valence-electron chi connectivity index (χ0n) is 14.7. The van der Waals surface area contributed by atoms with Crippen LogP contribution in [0, 0.1) is 0 Å². The van der Waals surface area contributed by atoms with Gasteiger partial charge in [-0.2, -0.15) is 4.98 Å². The number of hydrogen-bond donors (Lipinski definition) is 1. The van der Waals surface area contributed by atoms with Crippen molar-refractivity contribution in [2.45, 2.75) is 25.9 Å². The molecule has 0 aliphatic rings. The maximum Gasteiger partial charge on any atom is 0.263 e. The lowest BCUT2D eigenvalue weighted by Gasteiger charge is -2.04. The summed E-state index contributed by atoms with van der Waals surface area (Å²) in [5.41, 5.74) is 0.837. The van der Waals surface area contributed by atoms with Crippen molar-refractivity contribution < 1.29 is 4.52 Å². The molecule has 27 heavy (non-hydrogen) atoms. The molecule has 4 rings (SSSR count). The molecule has 0 radical (unpaired) electrons. The summed E-state index contributed by atoms with van der Waals surface area (Å²) in [6.07, 6.45) is 2.21. The Morgan fingerprint density at radius 3 is 2.96 bits per heavy atom. The topological polar surface area (TPSA) is 85.8 Å². The fourth-order valence-corrected chi connectivity index (χ4v) is 4.37. The number of nitrogens with one attached hydrogen (secondary N) is 1. The van der Waals surface area contributed by atoms with Gasteiger partial charge in [0.15, 0.2) is 5.82 Å². The van der Waals surface area contributed by atoms with Gasteiger partial charge in [0.2, 0.25) is 5.89 Å². The van der Waals surface area contributed by atoms with Crippen LogP contribution in [0.3, 0.4) is 0 Å². The van der Waals surface area contributed by atoms with E-state index < -0.39 is 0 Å². The third-order valence-electron chi connectivity index (χ3n) is 4.14. The first-order chi connectivity index (χ1) is 12.7. The Morgan fingerprint density at radius 2 is 2.22 bits per heavy atom. The normalized spacial score (nSPS) is 12.2. The molecule has 0 saturated carbocycles. The maximum absolute atomic E-state index is 13.0. The van der Waals surface area contributed by atoms with Crippen LogP contribution >= 0.6 is 35.1 Å². The predicted molar refractivity (Wildman–Crippen MR) is 110 cm³/mol. The van der Waals surface area contributed by atoms with Gasteiger partial charge in [0, 0.05) is 28.3 Å². The molecule has 10 heteroatoms. The third-order valence-corrected chi connectivity index (χ3v) is 5.93. The van der Waals surface area contributed by atoms with E-state index in [-0.39, 0.29) is 30.6 Å². The lowest BCUT2D eigenvalue weighted by Crippen LogP contribution is -2.24. The molecule has 142 valence electrons. The summed E-state index contributed by atoms with van der Waals surface area (Å²) in [4.78, 5) is 23.6. The molecule has 7 nitrogen and oxygen atoms in total. The number of hydrogen-bond acceptors (Lipinski definition) is 8. The monoisotopic (exact) mass is 423 g/mol. The van der Waals surface area contributed by atoms with Gasteiger partial charge < -0.3 is 9.84 Å². The molecule has 0 aliphatic carbocycles. The second-order valence-electron chi connectivity index (χ2n) is 5.98. The lowest BCUT2D eigenvalue weighted by atomic mass is 10.2. The number of thiophene rings is 2. The number of aromatic nitrogens is 4. The average molecular weight is 424 g/mol. The number of halogens is 1. The fourth-order valence-electron chi connectivity index (χ4n) is 2.65. The van der Waals surface area contributed by atoms with Gasteiger partial charge in [0.05, 0.1) is 11.7 Å². The Hall–Kier alpha value is -2.07. The molecule has 4 heterocycles. The summed E-state index contributed by atoms with van der Waals surface area (Å²) in [7, 11) is 1.89. The molecular formula is C17H18ClN5O2S2. The fraction of sp³-hybridized carbons (Fsp3) is 0.294. The first-order valence-corrected chi connectivity index (χ1v) is 9.91. The largest absolute Gasteiger partial charge is 0.337 e. The van der Waals surface area contributed by atoms with Gasteiger partial charge >= 0.3 is 0 Å². The van der Waals surface area contributed by atoms with Crippen LogP contribution < -0.4 is 10.9 Å². The van der Waals surface area contributed by atoms with E-state index in [0.717, 1.165) is 15.3 Å². The van der Waals surface area contributed by atoms with Gasteiger partial charge in [-0.05, 0) is 25.4 Å². The second-order valence-corrected chi connectivity index (χ2v) is 7.79. The van der Waals surface area contributed by atoms with Crippen LogP contribution in [-0.2, 0) is 13.0 Å². The Labute approximate surface area is 169 Å². The number of fused-ring (bicyclic) bond motifs is 1. The Balaban J connectivity index is 0.00000210. The molecule has 1 N–H and O–H groups in total. The van der Waals surface area contributed by atoms with Crippen molar-refractivity contribution >= 4 is 45.3 Å². The smallest absolute Gasteiger partial charge is 0.263 e.